The lowest BCUT2D eigenvalue weighted by Crippen LogP contribution is -2.47. The maximum Gasteiger partial charge on any atom is 0.408 e. The van der Waals surface area contributed by atoms with Crippen LogP contribution in [-0.2, 0) is 14.1 Å². The Bertz CT molecular complexity index is 350. The van der Waals surface area contributed by atoms with Crippen molar-refractivity contribution < 1.29 is 18.8 Å². The van der Waals surface area contributed by atoms with E-state index in [2.05, 4.69) is 16.4 Å². The molecular formula is C11H18NO4P. The fourth-order valence-corrected chi connectivity index (χ4v) is 1.80. The molecule has 1 fully saturated rings. The number of hydrogen-bond acceptors (Lipinski definition) is 4. The lowest BCUT2D eigenvalue weighted by Gasteiger charge is -2.22. The fraction of sp³-hybridized carbons (Fsp3) is 0.636. The molecule has 0 aromatic rings. The number of hydrogen-bond donors (Lipinski definition) is 1. The third-order valence-corrected chi connectivity index (χ3v) is 2.71. The summed E-state index contributed by atoms with van der Waals surface area (Å²) in [5.74, 6) is -0.610. The molecule has 6 heteroatoms. The van der Waals surface area contributed by atoms with Crippen LogP contribution in [-0.4, -0.2) is 23.2 Å². The second kappa shape index (κ2) is 4.65. The molecule has 0 aromatic carbocycles. The number of carbonyl (C=O) groups is 2. The Labute approximate surface area is 103 Å². The van der Waals surface area contributed by atoms with Gasteiger partial charge in [0.2, 0.25) is 0 Å². The molecule has 96 valence electrons. The summed E-state index contributed by atoms with van der Waals surface area (Å²) in [6, 6.07) is 0. The number of amides is 1. The molecule has 1 aliphatic rings. The van der Waals surface area contributed by atoms with E-state index in [0.29, 0.717) is 6.42 Å². The molecule has 0 heterocycles. The van der Waals surface area contributed by atoms with Crippen molar-refractivity contribution in [1.29, 1.82) is 0 Å². The zero-order chi connectivity index (χ0) is 13.3. The summed E-state index contributed by atoms with van der Waals surface area (Å²) in [6.45, 7) is 8.88. The summed E-state index contributed by atoms with van der Waals surface area (Å²) >= 11 is 0. The highest BCUT2D eigenvalue weighted by Crippen LogP contribution is 2.45. The van der Waals surface area contributed by atoms with Crippen LogP contribution in [0.25, 0.3) is 0 Å². The maximum atomic E-state index is 11.6. The molecule has 0 aromatic heterocycles. The van der Waals surface area contributed by atoms with Crippen LogP contribution in [0.2, 0.25) is 0 Å². The van der Waals surface area contributed by atoms with Gasteiger partial charge in [-0.25, -0.2) is 9.59 Å². The summed E-state index contributed by atoms with van der Waals surface area (Å²) in [7, 11) is 1.88. The van der Waals surface area contributed by atoms with E-state index in [1.807, 2.05) is 9.47 Å². The minimum absolute atomic E-state index is 0.108. The van der Waals surface area contributed by atoms with Crippen molar-refractivity contribution in [2.45, 2.75) is 38.3 Å². The van der Waals surface area contributed by atoms with Gasteiger partial charge in [-0.2, -0.15) is 0 Å². The zero-order valence-electron chi connectivity index (χ0n) is 10.3. The molecule has 1 aliphatic carbocycles. The summed E-state index contributed by atoms with van der Waals surface area (Å²) in [5.41, 5.74) is -1.61. The van der Waals surface area contributed by atoms with E-state index in [9.17, 15) is 9.59 Å². The standard InChI is InChI=1S/C11H18NO4P/c1-5-7-6-11(7,8(13)16-17)12-9(14)15-10(2,3)4/h5,7H,1,6,17H2,2-4H3,(H,12,14)/t7-,11?/m0/s1. The van der Waals surface area contributed by atoms with Crippen LogP contribution in [0, 0.1) is 5.92 Å². The summed E-state index contributed by atoms with van der Waals surface area (Å²) in [6.07, 6.45) is 1.49. The Kier molecular flexibility index (Phi) is 3.82. The normalized spacial score (nSPS) is 26.9. The highest BCUT2D eigenvalue weighted by molar-refractivity contribution is 7.10. The molecule has 5 nitrogen and oxygen atoms in total. The highest BCUT2D eigenvalue weighted by atomic mass is 31.0. The van der Waals surface area contributed by atoms with E-state index in [1.54, 1.807) is 26.8 Å². The summed E-state index contributed by atoms with van der Waals surface area (Å²) < 4.78 is 9.70. The van der Waals surface area contributed by atoms with Crippen molar-refractivity contribution in [2.75, 3.05) is 0 Å². The molecule has 1 rings (SSSR count). The number of carbonyl (C=O) groups excluding carboxylic acids is 2. The minimum atomic E-state index is -1.01. The molecule has 0 bridgehead atoms. The predicted octanol–water partition coefficient (Wildman–Crippen LogP) is 1.79. The van der Waals surface area contributed by atoms with Gasteiger partial charge in [-0.3, -0.25) is 0 Å². The fourth-order valence-electron chi connectivity index (χ4n) is 1.59. The summed E-state index contributed by atoms with van der Waals surface area (Å²) in [5, 5.41) is 2.56. The molecule has 3 atom stereocenters. The number of rotatable bonds is 3. The smallest absolute Gasteiger partial charge is 0.408 e. The molecule has 1 N–H and O–H groups in total. The van der Waals surface area contributed by atoms with E-state index < -0.39 is 23.2 Å². The van der Waals surface area contributed by atoms with Crippen LogP contribution in [0.1, 0.15) is 27.2 Å². The maximum absolute atomic E-state index is 11.6. The third-order valence-electron chi connectivity index (χ3n) is 2.49. The van der Waals surface area contributed by atoms with E-state index in [4.69, 9.17) is 4.74 Å². The van der Waals surface area contributed by atoms with Crippen molar-refractivity contribution in [2.24, 2.45) is 5.92 Å². The van der Waals surface area contributed by atoms with Gasteiger partial charge in [0.15, 0.2) is 0 Å². The molecule has 1 saturated carbocycles. The SMILES string of the molecule is C=C[C@H]1CC1(NC(=O)OC(C)(C)C)C(=O)OP. The third kappa shape index (κ3) is 3.19. The first-order chi connectivity index (χ1) is 7.75. The molecule has 0 saturated heterocycles. The quantitative estimate of drug-likeness (QED) is 0.620. The Morgan fingerprint density at radius 1 is 1.53 bits per heavy atom. The topological polar surface area (TPSA) is 64.6 Å². The molecule has 0 aliphatic heterocycles. The van der Waals surface area contributed by atoms with Gasteiger partial charge in [-0.15, -0.1) is 6.58 Å². The van der Waals surface area contributed by atoms with Gasteiger partial charge < -0.3 is 14.6 Å². The zero-order valence-corrected chi connectivity index (χ0v) is 11.4. The van der Waals surface area contributed by atoms with E-state index in [-0.39, 0.29) is 5.92 Å². The largest absolute Gasteiger partial charge is 0.450 e. The van der Waals surface area contributed by atoms with Crippen molar-refractivity contribution in [3.8, 4) is 0 Å². The van der Waals surface area contributed by atoms with Gasteiger partial charge in [-0.1, -0.05) is 6.08 Å². The van der Waals surface area contributed by atoms with Crippen LogP contribution in [0.15, 0.2) is 12.7 Å². The Hall–Kier alpha value is -1.09. The van der Waals surface area contributed by atoms with Crippen LogP contribution >= 0.6 is 9.47 Å². The lowest BCUT2D eigenvalue weighted by molar-refractivity contribution is -0.137. The molecule has 17 heavy (non-hydrogen) atoms. The van der Waals surface area contributed by atoms with Crippen molar-refractivity contribution in [3.63, 3.8) is 0 Å². The van der Waals surface area contributed by atoms with Gasteiger partial charge in [0.05, 0.1) is 9.47 Å². The van der Waals surface area contributed by atoms with Crippen LogP contribution in [0.3, 0.4) is 0 Å². The highest BCUT2D eigenvalue weighted by Gasteiger charge is 2.61. The van der Waals surface area contributed by atoms with Gasteiger partial charge in [0.25, 0.3) is 0 Å². The molecule has 1 amide bonds. The average molecular weight is 259 g/mol. The molecule has 0 spiro atoms. The van der Waals surface area contributed by atoms with E-state index >= 15 is 0 Å². The number of ether oxygens (including phenoxy) is 1. The lowest BCUT2D eigenvalue weighted by atomic mass is 10.2. The van der Waals surface area contributed by atoms with E-state index in [0.717, 1.165) is 0 Å². The average Bonchev–Trinajstić information content (AvgIpc) is 2.88. The molecule has 0 radical (unpaired) electrons. The van der Waals surface area contributed by atoms with Gasteiger partial charge in [0, 0.05) is 5.92 Å². The molecular weight excluding hydrogens is 241 g/mol. The number of nitrogens with one attached hydrogen (secondary N) is 1. The Morgan fingerprint density at radius 3 is 2.47 bits per heavy atom. The number of alkyl carbamates (subject to hydrolysis) is 1. The van der Waals surface area contributed by atoms with Crippen molar-refractivity contribution >= 4 is 21.5 Å². The van der Waals surface area contributed by atoms with Crippen LogP contribution in [0.5, 0.6) is 0 Å². The first-order valence-corrected chi connectivity index (χ1v) is 5.77. The molecule has 2 unspecified atom stereocenters. The van der Waals surface area contributed by atoms with Gasteiger partial charge >= 0.3 is 12.1 Å². The second-order valence-electron chi connectivity index (χ2n) is 5.05. The van der Waals surface area contributed by atoms with Crippen molar-refractivity contribution in [1.82, 2.24) is 5.32 Å². The first-order valence-electron chi connectivity index (χ1n) is 5.30. The van der Waals surface area contributed by atoms with Crippen LogP contribution in [0.4, 0.5) is 4.79 Å². The second-order valence-corrected chi connectivity index (χ2v) is 5.29. The van der Waals surface area contributed by atoms with E-state index in [1.165, 1.54) is 0 Å². The summed E-state index contributed by atoms with van der Waals surface area (Å²) in [4.78, 5) is 23.2. The predicted molar refractivity (Wildman–Crippen MR) is 66.2 cm³/mol. The Balaban J connectivity index is 2.68. The Morgan fingerprint density at radius 2 is 2.12 bits per heavy atom. The first kappa shape index (κ1) is 14.0. The van der Waals surface area contributed by atoms with Gasteiger partial charge in [-0.05, 0) is 27.2 Å². The minimum Gasteiger partial charge on any atom is -0.450 e. The monoisotopic (exact) mass is 259 g/mol. The van der Waals surface area contributed by atoms with Crippen LogP contribution < -0.4 is 5.32 Å². The van der Waals surface area contributed by atoms with Crippen molar-refractivity contribution in [3.05, 3.63) is 12.7 Å². The van der Waals surface area contributed by atoms with Gasteiger partial charge in [0.1, 0.15) is 11.1 Å².